The molecule has 1 aliphatic rings. The Labute approximate surface area is 174 Å². The number of aliphatic imine (C=N–C) groups is 1. The highest BCUT2D eigenvalue weighted by atomic mass is 16.6. The largest absolute Gasteiger partial charge is 0.458 e. The first-order valence-electron chi connectivity index (χ1n) is 10.4. The third-order valence-electron chi connectivity index (χ3n) is 5.02. The van der Waals surface area contributed by atoms with Gasteiger partial charge >= 0.3 is 11.9 Å². The van der Waals surface area contributed by atoms with Gasteiger partial charge in [-0.15, -0.1) is 0 Å². The summed E-state index contributed by atoms with van der Waals surface area (Å²) in [5.74, 6) is -0.487. The van der Waals surface area contributed by atoms with Crippen molar-refractivity contribution in [3.8, 4) is 0 Å². The molecule has 5 heteroatoms. The number of cyclic esters (lactones) is 1. The quantitative estimate of drug-likeness (QED) is 0.421. The summed E-state index contributed by atoms with van der Waals surface area (Å²) in [5.41, 5.74) is -0.385. The maximum absolute atomic E-state index is 12.9. The molecule has 0 aliphatic carbocycles. The number of benzene rings is 1. The maximum atomic E-state index is 12.9. The van der Waals surface area contributed by atoms with Crippen LogP contribution >= 0.6 is 0 Å². The molecule has 1 aliphatic heterocycles. The number of nitrogens with zero attached hydrogens (tertiary/aromatic N) is 1. The standard InChI is InChI=1S/C24H33NO4/c1-6-11-19(14-15-20(26)28-17-18-12-9-8-10-13-18)24(16-7-2)22(27)29-21(25-24)23(3,4)5/h8-10,12-15,19H,6-7,11,16-17H2,1-5H3/b15-14+. The van der Waals surface area contributed by atoms with Gasteiger partial charge in [0, 0.05) is 17.4 Å². The van der Waals surface area contributed by atoms with Gasteiger partial charge in [0.1, 0.15) is 6.61 Å². The fourth-order valence-corrected chi connectivity index (χ4v) is 3.48. The molecule has 0 amide bonds. The zero-order valence-electron chi connectivity index (χ0n) is 18.2. The van der Waals surface area contributed by atoms with E-state index in [-0.39, 0.29) is 23.9 Å². The van der Waals surface area contributed by atoms with Crippen LogP contribution in [0.5, 0.6) is 0 Å². The second-order valence-electron chi connectivity index (χ2n) is 8.58. The summed E-state index contributed by atoms with van der Waals surface area (Å²) in [6.07, 6.45) is 6.19. The van der Waals surface area contributed by atoms with Gasteiger partial charge in [-0.05, 0) is 18.4 Å². The third-order valence-corrected chi connectivity index (χ3v) is 5.02. The lowest BCUT2D eigenvalue weighted by molar-refractivity contribution is -0.142. The van der Waals surface area contributed by atoms with E-state index in [1.807, 2.05) is 58.0 Å². The normalized spacial score (nSPS) is 20.4. The number of hydrogen-bond donors (Lipinski definition) is 0. The summed E-state index contributed by atoms with van der Waals surface area (Å²) >= 11 is 0. The summed E-state index contributed by atoms with van der Waals surface area (Å²) in [7, 11) is 0. The first-order chi connectivity index (χ1) is 13.7. The van der Waals surface area contributed by atoms with E-state index in [2.05, 4.69) is 6.92 Å². The Hall–Kier alpha value is -2.43. The van der Waals surface area contributed by atoms with E-state index in [9.17, 15) is 9.59 Å². The fourth-order valence-electron chi connectivity index (χ4n) is 3.48. The molecule has 1 aromatic carbocycles. The molecule has 2 atom stereocenters. The Balaban J connectivity index is 2.20. The van der Waals surface area contributed by atoms with E-state index in [0.717, 1.165) is 24.8 Å². The molecule has 158 valence electrons. The smallest absolute Gasteiger partial charge is 0.341 e. The predicted octanol–water partition coefficient (Wildman–Crippen LogP) is 5.24. The molecule has 0 bridgehead atoms. The minimum atomic E-state index is -0.969. The van der Waals surface area contributed by atoms with E-state index in [1.165, 1.54) is 6.08 Å². The first-order valence-corrected chi connectivity index (χ1v) is 10.4. The zero-order chi connectivity index (χ0) is 21.5. The van der Waals surface area contributed by atoms with E-state index in [1.54, 1.807) is 6.08 Å². The third kappa shape index (κ3) is 5.78. The van der Waals surface area contributed by atoms with Crippen LogP contribution in [0.3, 0.4) is 0 Å². The van der Waals surface area contributed by atoms with Gasteiger partial charge < -0.3 is 9.47 Å². The van der Waals surface area contributed by atoms with Gasteiger partial charge in [0.05, 0.1) is 0 Å². The monoisotopic (exact) mass is 399 g/mol. The molecule has 0 spiro atoms. The molecular weight excluding hydrogens is 366 g/mol. The van der Waals surface area contributed by atoms with Gasteiger partial charge in [0.25, 0.3) is 0 Å². The van der Waals surface area contributed by atoms with Crippen molar-refractivity contribution in [3.05, 3.63) is 48.0 Å². The molecule has 0 saturated heterocycles. The van der Waals surface area contributed by atoms with Crippen LogP contribution in [0, 0.1) is 11.3 Å². The Morgan fingerprint density at radius 2 is 1.90 bits per heavy atom. The van der Waals surface area contributed by atoms with Crippen molar-refractivity contribution in [1.82, 2.24) is 0 Å². The zero-order valence-corrected chi connectivity index (χ0v) is 18.2. The highest BCUT2D eigenvalue weighted by Crippen LogP contribution is 2.40. The van der Waals surface area contributed by atoms with Crippen molar-refractivity contribution in [3.63, 3.8) is 0 Å². The van der Waals surface area contributed by atoms with Crippen molar-refractivity contribution >= 4 is 17.8 Å². The lowest BCUT2D eigenvalue weighted by Crippen LogP contribution is -2.41. The number of carbonyl (C=O) groups excluding carboxylic acids is 2. The lowest BCUT2D eigenvalue weighted by atomic mass is 9.78. The van der Waals surface area contributed by atoms with Crippen LogP contribution in [0.1, 0.15) is 65.9 Å². The maximum Gasteiger partial charge on any atom is 0.341 e. The summed E-state index contributed by atoms with van der Waals surface area (Å²) in [6, 6.07) is 9.54. The van der Waals surface area contributed by atoms with Gasteiger partial charge in [0.2, 0.25) is 0 Å². The molecule has 1 heterocycles. The summed E-state index contributed by atoms with van der Waals surface area (Å²) in [4.78, 5) is 30.0. The molecule has 5 nitrogen and oxygen atoms in total. The number of carbonyl (C=O) groups is 2. The topological polar surface area (TPSA) is 65.0 Å². The van der Waals surface area contributed by atoms with E-state index in [4.69, 9.17) is 14.5 Å². The molecular formula is C24H33NO4. The SMILES string of the molecule is CCCC(/C=C/C(=O)OCc1ccccc1)C1(CCC)N=C(C(C)(C)C)OC1=O. The van der Waals surface area contributed by atoms with Crippen LogP contribution < -0.4 is 0 Å². The minimum absolute atomic E-state index is 0.218. The van der Waals surface area contributed by atoms with Crippen LogP contribution in [-0.2, 0) is 25.7 Å². The number of ether oxygens (including phenoxy) is 2. The Kier molecular flexibility index (Phi) is 7.77. The molecule has 2 unspecified atom stereocenters. The summed E-state index contributed by atoms with van der Waals surface area (Å²) in [6.45, 7) is 10.2. The average Bonchev–Trinajstić information content (AvgIpc) is 3.02. The Morgan fingerprint density at radius 3 is 2.45 bits per heavy atom. The van der Waals surface area contributed by atoms with E-state index < -0.39 is 11.5 Å². The minimum Gasteiger partial charge on any atom is -0.458 e. The van der Waals surface area contributed by atoms with Crippen LogP contribution in [0.25, 0.3) is 0 Å². The summed E-state index contributed by atoms with van der Waals surface area (Å²) in [5, 5.41) is 0. The molecule has 29 heavy (non-hydrogen) atoms. The Bertz CT molecular complexity index is 761. The number of esters is 2. The lowest BCUT2D eigenvalue weighted by Gasteiger charge is -2.29. The number of hydrogen-bond acceptors (Lipinski definition) is 5. The second-order valence-corrected chi connectivity index (χ2v) is 8.58. The average molecular weight is 400 g/mol. The highest BCUT2D eigenvalue weighted by molar-refractivity contribution is 6.02. The molecule has 1 aromatic rings. The molecule has 0 radical (unpaired) electrons. The van der Waals surface area contributed by atoms with E-state index in [0.29, 0.717) is 12.3 Å². The molecule has 0 saturated carbocycles. The molecule has 0 fully saturated rings. The molecule has 0 aromatic heterocycles. The van der Waals surface area contributed by atoms with Crippen molar-refractivity contribution < 1.29 is 19.1 Å². The number of rotatable bonds is 9. The molecule has 0 N–H and O–H groups in total. The van der Waals surface area contributed by atoms with Gasteiger partial charge in [0.15, 0.2) is 11.4 Å². The van der Waals surface area contributed by atoms with Crippen LogP contribution in [-0.4, -0.2) is 23.4 Å². The van der Waals surface area contributed by atoms with E-state index >= 15 is 0 Å². The van der Waals surface area contributed by atoms with Crippen LogP contribution in [0.4, 0.5) is 0 Å². The second kappa shape index (κ2) is 9.86. The fraction of sp³-hybridized carbons (Fsp3) is 0.542. The highest BCUT2D eigenvalue weighted by Gasteiger charge is 2.51. The van der Waals surface area contributed by atoms with Crippen molar-refractivity contribution in [1.29, 1.82) is 0 Å². The van der Waals surface area contributed by atoms with Gasteiger partial charge in [-0.2, -0.15) is 0 Å². The van der Waals surface area contributed by atoms with Crippen molar-refractivity contribution in [2.24, 2.45) is 16.3 Å². The van der Waals surface area contributed by atoms with Gasteiger partial charge in [-0.25, -0.2) is 14.6 Å². The van der Waals surface area contributed by atoms with Gasteiger partial charge in [-0.1, -0.05) is 83.9 Å². The van der Waals surface area contributed by atoms with Crippen molar-refractivity contribution in [2.75, 3.05) is 0 Å². The Morgan fingerprint density at radius 1 is 1.21 bits per heavy atom. The van der Waals surface area contributed by atoms with Crippen LogP contribution in [0.2, 0.25) is 0 Å². The van der Waals surface area contributed by atoms with Crippen LogP contribution in [0.15, 0.2) is 47.5 Å². The first kappa shape index (κ1) is 22.9. The predicted molar refractivity (Wildman–Crippen MR) is 114 cm³/mol. The van der Waals surface area contributed by atoms with Crippen molar-refractivity contribution in [2.45, 2.75) is 72.4 Å². The van der Waals surface area contributed by atoms with Gasteiger partial charge in [-0.3, -0.25) is 0 Å². The molecule has 2 rings (SSSR count). The summed E-state index contributed by atoms with van der Waals surface area (Å²) < 4.78 is 10.9.